The minimum Gasteiger partial charge on any atom is -0.481 e. The van der Waals surface area contributed by atoms with E-state index in [1.165, 1.54) is 0 Å². The van der Waals surface area contributed by atoms with Crippen molar-refractivity contribution in [3.05, 3.63) is 54.0 Å². The fourth-order valence-electron chi connectivity index (χ4n) is 1.55. The van der Waals surface area contributed by atoms with Crippen LogP contribution in [0.1, 0.15) is 11.1 Å². The molecular weight excluding hydrogens is 248 g/mol. The normalized spacial score (nSPS) is 10.2. The minimum atomic E-state index is -0.813. The Hall–Kier alpha value is -1.88. The Bertz CT molecular complexity index is 532. The Morgan fingerprint density at radius 3 is 2.67 bits per heavy atom. The lowest BCUT2D eigenvalue weighted by Crippen LogP contribution is -2.02. The molecule has 0 aliphatic rings. The number of hydrogen-bond donors (Lipinski definition) is 1. The molecule has 2 rings (SSSR count). The number of carbonyl (C=O) groups is 1. The zero-order valence-corrected chi connectivity index (χ0v) is 10.4. The van der Waals surface area contributed by atoms with E-state index < -0.39 is 5.97 Å². The van der Waals surface area contributed by atoms with Gasteiger partial charge in [-0.2, -0.15) is 0 Å². The van der Waals surface area contributed by atoms with Gasteiger partial charge in [0.15, 0.2) is 0 Å². The largest absolute Gasteiger partial charge is 0.481 e. The van der Waals surface area contributed by atoms with Gasteiger partial charge >= 0.3 is 5.97 Å². The van der Waals surface area contributed by atoms with Crippen molar-refractivity contribution in [2.75, 3.05) is 0 Å². The van der Waals surface area contributed by atoms with Crippen LogP contribution in [0.5, 0.6) is 0 Å². The van der Waals surface area contributed by atoms with Gasteiger partial charge in [0, 0.05) is 18.1 Å². The minimum absolute atomic E-state index is 0.0528. The number of carboxylic acids is 1. The molecule has 4 nitrogen and oxygen atoms in total. The van der Waals surface area contributed by atoms with Crippen molar-refractivity contribution >= 4 is 17.7 Å². The van der Waals surface area contributed by atoms with Gasteiger partial charge in [-0.05, 0) is 11.1 Å². The number of carboxylic acid groups (broad SMARTS) is 1. The van der Waals surface area contributed by atoms with Gasteiger partial charge < -0.3 is 5.11 Å². The van der Waals surface area contributed by atoms with E-state index in [0.29, 0.717) is 5.75 Å². The van der Waals surface area contributed by atoms with Crippen LogP contribution in [-0.4, -0.2) is 21.0 Å². The average molecular weight is 260 g/mol. The molecule has 1 aromatic carbocycles. The van der Waals surface area contributed by atoms with Crippen LogP contribution in [0.15, 0.2) is 47.9 Å². The van der Waals surface area contributed by atoms with Gasteiger partial charge in [-0.15, -0.1) is 11.8 Å². The van der Waals surface area contributed by atoms with E-state index in [9.17, 15) is 4.79 Å². The zero-order valence-electron chi connectivity index (χ0n) is 9.61. The number of thioether (sulfide) groups is 1. The molecule has 0 radical (unpaired) electrons. The Balaban J connectivity index is 2.07. The van der Waals surface area contributed by atoms with Crippen molar-refractivity contribution in [2.45, 2.75) is 17.2 Å². The molecule has 1 N–H and O–H groups in total. The van der Waals surface area contributed by atoms with Crippen molar-refractivity contribution in [3.63, 3.8) is 0 Å². The van der Waals surface area contributed by atoms with E-state index in [4.69, 9.17) is 5.11 Å². The molecule has 1 aromatic heterocycles. The quantitative estimate of drug-likeness (QED) is 0.836. The molecule has 0 amide bonds. The van der Waals surface area contributed by atoms with Gasteiger partial charge in [-0.25, -0.2) is 4.98 Å². The summed E-state index contributed by atoms with van der Waals surface area (Å²) in [4.78, 5) is 18.9. The molecule has 0 saturated heterocycles. The summed E-state index contributed by atoms with van der Waals surface area (Å²) in [5.41, 5.74) is 1.87. The molecule has 2 aromatic rings. The lowest BCUT2D eigenvalue weighted by molar-refractivity contribution is -0.136. The van der Waals surface area contributed by atoms with Crippen LogP contribution < -0.4 is 0 Å². The van der Waals surface area contributed by atoms with Gasteiger partial charge in [0.2, 0.25) is 0 Å². The lowest BCUT2D eigenvalue weighted by Gasteiger charge is -2.06. The average Bonchev–Trinajstić information content (AvgIpc) is 2.38. The van der Waals surface area contributed by atoms with Gasteiger partial charge in [-0.1, -0.05) is 24.3 Å². The van der Waals surface area contributed by atoms with Crippen LogP contribution in [-0.2, 0) is 17.0 Å². The van der Waals surface area contributed by atoms with Crippen LogP contribution >= 0.6 is 11.8 Å². The first-order valence-corrected chi connectivity index (χ1v) is 6.41. The molecule has 0 saturated carbocycles. The topological polar surface area (TPSA) is 63.1 Å². The van der Waals surface area contributed by atoms with Crippen LogP contribution in [0.25, 0.3) is 0 Å². The number of benzene rings is 1. The summed E-state index contributed by atoms with van der Waals surface area (Å²) in [5.74, 6) is -0.116. The molecule has 0 atom stereocenters. The summed E-state index contributed by atoms with van der Waals surface area (Å²) in [7, 11) is 0. The molecule has 18 heavy (non-hydrogen) atoms. The smallest absolute Gasteiger partial charge is 0.307 e. The number of aliphatic carboxylic acids is 1. The Morgan fingerprint density at radius 2 is 2.00 bits per heavy atom. The second kappa shape index (κ2) is 6.16. The standard InChI is InChI=1S/C13H12N2O2S/c16-13(17)7-10-3-1-2-4-11(10)9-18-12-8-14-5-6-15-12/h1-6,8H,7,9H2,(H,16,17). The molecule has 0 spiro atoms. The highest BCUT2D eigenvalue weighted by Gasteiger charge is 2.06. The van der Waals surface area contributed by atoms with Gasteiger partial charge in [0.25, 0.3) is 0 Å². The van der Waals surface area contributed by atoms with Crippen molar-refractivity contribution in [2.24, 2.45) is 0 Å². The third kappa shape index (κ3) is 3.56. The van der Waals surface area contributed by atoms with Crippen molar-refractivity contribution in [3.8, 4) is 0 Å². The summed E-state index contributed by atoms with van der Waals surface area (Å²) in [6.07, 6.45) is 5.02. The second-order valence-electron chi connectivity index (χ2n) is 3.67. The van der Waals surface area contributed by atoms with Gasteiger partial charge in [-0.3, -0.25) is 9.78 Å². The number of nitrogens with zero attached hydrogens (tertiary/aromatic N) is 2. The number of hydrogen-bond acceptors (Lipinski definition) is 4. The predicted molar refractivity (Wildman–Crippen MR) is 69.4 cm³/mol. The van der Waals surface area contributed by atoms with Crippen LogP contribution in [0.4, 0.5) is 0 Å². The summed E-state index contributed by atoms with van der Waals surface area (Å²) in [6.45, 7) is 0. The number of aromatic nitrogens is 2. The SMILES string of the molecule is O=C(O)Cc1ccccc1CSc1cnccn1. The molecule has 0 fully saturated rings. The molecule has 5 heteroatoms. The fourth-order valence-corrected chi connectivity index (χ4v) is 2.40. The first-order valence-electron chi connectivity index (χ1n) is 5.43. The first kappa shape index (κ1) is 12.6. The van der Waals surface area contributed by atoms with Crippen LogP contribution in [0.3, 0.4) is 0 Å². The highest BCUT2D eigenvalue weighted by Crippen LogP contribution is 2.22. The second-order valence-corrected chi connectivity index (χ2v) is 4.67. The summed E-state index contributed by atoms with van der Waals surface area (Å²) in [5, 5.41) is 9.68. The summed E-state index contributed by atoms with van der Waals surface area (Å²) < 4.78 is 0. The molecule has 0 aliphatic heterocycles. The molecule has 1 heterocycles. The van der Waals surface area contributed by atoms with Crippen molar-refractivity contribution in [1.29, 1.82) is 0 Å². The predicted octanol–water partition coefficient (Wildman–Crippen LogP) is 2.40. The third-order valence-corrected chi connectivity index (χ3v) is 3.34. The molecule has 92 valence electrons. The van der Waals surface area contributed by atoms with E-state index >= 15 is 0 Å². The fraction of sp³-hybridized carbons (Fsp3) is 0.154. The van der Waals surface area contributed by atoms with E-state index in [1.54, 1.807) is 30.4 Å². The lowest BCUT2D eigenvalue weighted by atomic mass is 10.1. The highest BCUT2D eigenvalue weighted by atomic mass is 32.2. The van der Waals surface area contributed by atoms with Crippen molar-refractivity contribution < 1.29 is 9.90 Å². The Labute approximate surface area is 109 Å². The zero-order chi connectivity index (χ0) is 12.8. The maximum absolute atomic E-state index is 10.8. The van der Waals surface area contributed by atoms with E-state index in [1.807, 2.05) is 24.3 Å². The number of rotatable bonds is 5. The van der Waals surface area contributed by atoms with E-state index in [0.717, 1.165) is 16.2 Å². The van der Waals surface area contributed by atoms with E-state index in [-0.39, 0.29) is 6.42 Å². The van der Waals surface area contributed by atoms with Crippen LogP contribution in [0, 0.1) is 0 Å². The molecular formula is C13H12N2O2S. The van der Waals surface area contributed by atoms with E-state index in [2.05, 4.69) is 9.97 Å². The van der Waals surface area contributed by atoms with Crippen molar-refractivity contribution in [1.82, 2.24) is 9.97 Å². The maximum Gasteiger partial charge on any atom is 0.307 e. The monoisotopic (exact) mass is 260 g/mol. The highest BCUT2D eigenvalue weighted by molar-refractivity contribution is 7.98. The maximum atomic E-state index is 10.8. The summed E-state index contributed by atoms with van der Waals surface area (Å²) >= 11 is 1.55. The van der Waals surface area contributed by atoms with Crippen LogP contribution in [0.2, 0.25) is 0 Å². The molecule has 0 bridgehead atoms. The van der Waals surface area contributed by atoms with Gasteiger partial charge in [0.05, 0.1) is 12.6 Å². The first-order chi connectivity index (χ1) is 8.75. The third-order valence-electron chi connectivity index (χ3n) is 2.38. The Morgan fingerprint density at radius 1 is 1.22 bits per heavy atom. The molecule has 0 aliphatic carbocycles. The van der Waals surface area contributed by atoms with Gasteiger partial charge in [0.1, 0.15) is 5.03 Å². The molecule has 0 unspecified atom stereocenters. The summed E-state index contributed by atoms with van der Waals surface area (Å²) in [6, 6.07) is 7.56. The Kier molecular flexibility index (Phi) is 4.30.